The number of benzene rings is 2. The first-order valence-electron chi connectivity index (χ1n) is 10.2. The molecule has 0 bridgehead atoms. The molecule has 2 aromatic rings. The van der Waals surface area contributed by atoms with Crippen molar-refractivity contribution in [3.05, 3.63) is 59.7 Å². The molecule has 0 unspecified atom stereocenters. The summed E-state index contributed by atoms with van der Waals surface area (Å²) in [6.07, 6.45) is -0.198. The molecule has 0 spiro atoms. The van der Waals surface area contributed by atoms with Crippen molar-refractivity contribution in [1.82, 2.24) is 10.6 Å². The summed E-state index contributed by atoms with van der Waals surface area (Å²) in [5, 5.41) is 12.7. The van der Waals surface area contributed by atoms with Gasteiger partial charge in [0.2, 0.25) is 5.91 Å². The van der Waals surface area contributed by atoms with Crippen LogP contribution in [-0.4, -0.2) is 48.2 Å². The molecule has 9 heteroatoms. The van der Waals surface area contributed by atoms with Crippen molar-refractivity contribution in [2.24, 2.45) is 0 Å². The van der Waals surface area contributed by atoms with Crippen LogP contribution in [0.4, 0.5) is 13.6 Å². The molecule has 7 nitrogen and oxygen atoms in total. The molecule has 32 heavy (non-hydrogen) atoms. The number of halogens is 2. The van der Waals surface area contributed by atoms with E-state index >= 15 is 0 Å². The van der Waals surface area contributed by atoms with Gasteiger partial charge in [0.15, 0.2) is 0 Å². The molecule has 0 radical (unpaired) electrons. The standard InChI is InChI=1S/C23H24F2N2O5/c1-2-7-19(20(28)26-13-23(24,25)21(29)30)27-22(31)32-12-18-16-10-5-3-8-14(16)15-9-4-6-11-17(15)18/h3-6,8-11,18-19H,2,7,12-13H2,1H3,(H,26,28)(H,27,31)(H,29,30)/t19-/m1/s1. The summed E-state index contributed by atoms with van der Waals surface area (Å²) in [5.74, 6) is -7.51. The second-order valence-electron chi connectivity index (χ2n) is 7.54. The highest BCUT2D eigenvalue weighted by Crippen LogP contribution is 2.44. The molecule has 0 saturated carbocycles. The van der Waals surface area contributed by atoms with Gasteiger partial charge in [-0.25, -0.2) is 9.59 Å². The van der Waals surface area contributed by atoms with Crippen LogP contribution in [0.15, 0.2) is 48.5 Å². The summed E-state index contributed by atoms with van der Waals surface area (Å²) in [4.78, 5) is 35.1. The van der Waals surface area contributed by atoms with Crippen molar-refractivity contribution in [2.75, 3.05) is 13.2 Å². The van der Waals surface area contributed by atoms with Crippen LogP contribution in [0, 0.1) is 0 Å². The van der Waals surface area contributed by atoms with Gasteiger partial charge < -0.3 is 20.5 Å². The minimum absolute atomic E-state index is 0.0391. The third-order valence-corrected chi connectivity index (χ3v) is 5.33. The van der Waals surface area contributed by atoms with Crippen LogP contribution in [-0.2, 0) is 14.3 Å². The van der Waals surface area contributed by atoms with Crippen molar-refractivity contribution < 1.29 is 33.0 Å². The Labute approximate surface area is 183 Å². The number of alkyl carbamates (subject to hydrolysis) is 1. The topological polar surface area (TPSA) is 105 Å². The molecule has 0 fully saturated rings. The fourth-order valence-electron chi connectivity index (χ4n) is 3.74. The molecule has 3 N–H and O–H groups in total. The van der Waals surface area contributed by atoms with Crippen molar-refractivity contribution in [1.29, 1.82) is 0 Å². The first-order chi connectivity index (χ1) is 15.2. The van der Waals surface area contributed by atoms with Gasteiger partial charge in [-0.3, -0.25) is 4.79 Å². The van der Waals surface area contributed by atoms with Gasteiger partial charge >= 0.3 is 18.0 Å². The number of rotatable bonds is 9. The van der Waals surface area contributed by atoms with Gasteiger partial charge in [-0.1, -0.05) is 61.9 Å². The lowest BCUT2D eigenvalue weighted by Gasteiger charge is -2.20. The number of carbonyl (C=O) groups excluding carboxylic acids is 2. The van der Waals surface area contributed by atoms with Gasteiger partial charge in [0.1, 0.15) is 12.6 Å². The van der Waals surface area contributed by atoms with Gasteiger partial charge in [-0.15, -0.1) is 0 Å². The molecule has 1 aliphatic rings. The number of amides is 2. The molecule has 0 aliphatic heterocycles. The fourth-order valence-corrected chi connectivity index (χ4v) is 3.74. The van der Waals surface area contributed by atoms with Crippen LogP contribution in [0.3, 0.4) is 0 Å². The Kier molecular flexibility index (Phi) is 7.07. The van der Waals surface area contributed by atoms with E-state index in [1.54, 1.807) is 6.92 Å². The fraction of sp³-hybridized carbons (Fsp3) is 0.348. The summed E-state index contributed by atoms with van der Waals surface area (Å²) >= 11 is 0. The maximum Gasteiger partial charge on any atom is 0.407 e. The summed E-state index contributed by atoms with van der Waals surface area (Å²) in [7, 11) is 0. The maximum atomic E-state index is 13.2. The summed E-state index contributed by atoms with van der Waals surface area (Å²) < 4.78 is 31.8. The minimum Gasteiger partial charge on any atom is -0.477 e. The van der Waals surface area contributed by atoms with E-state index in [9.17, 15) is 23.2 Å². The highest BCUT2D eigenvalue weighted by molar-refractivity contribution is 5.86. The highest BCUT2D eigenvalue weighted by atomic mass is 19.3. The molecule has 2 aromatic carbocycles. The smallest absolute Gasteiger partial charge is 0.407 e. The number of carboxylic acid groups (broad SMARTS) is 1. The lowest BCUT2D eigenvalue weighted by atomic mass is 9.98. The number of fused-ring (bicyclic) bond motifs is 3. The number of hydrogen-bond acceptors (Lipinski definition) is 4. The van der Waals surface area contributed by atoms with Crippen LogP contribution in [0.5, 0.6) is 0 Å². The van der Waals surface area contributed by atoms with Crippen LogP contribution < -0.4 is 10.6 Å². The Hall–Kier alpha value is -3.49. The largest absolute Gasteiger partial charge is 0.477 e. The second kappa shape index (κ2) is 9.76. The third-order valence-electron chi connectivity index (χ3n) is 5.33. The Bertz CT molecular complexity index is 966. The van der Waals surface area contributed by atoms with E-state index in [4.69, 9.17) is 9.84 Å². The highest BCUT2D eigenvalue weighted by Gasteiger charge is 2.39. The summed E-state index contributed by atoms with van der Waals surface area (Å²) in [5.41, 5.74) is 4.19. The zero-order valence-electron chi connectivity index (χ0n) is 17.4. The number of carboxylic acids is 1. The van der Waals surface area contributed by atoms with Crippen molar-refractivity contribution in [3.63, 3.8) is 0 Å². The number of carbonyl (C=O) groups is 3. The van der Waals surface area contributed by atoms with Gasteiger partial charge in [-0.05, 0) is 28.7 Å². The zero-order chi connectivity index (χ0) is 23.3. The molecule has 1 atom stereocenters. The predicted octanol–water partition coefficient (Wildman–Crippen LogP) is 3.53. The van der Waals surface area contributed by atoms with E-state index in [2.05, 4.69) is 5.32 Å². The molecule has 0 heterocycles. The molecule has 170 valence electrons. The average Bonchev–Trinajstić information content (AvgIpc) is 3.09. The molecule has 0 aromatic heterocycles. The Morgan fingerprint density at radius 2 is 1.62 bits per heavy atom. The average molecular weight is 446 g/mol. The number of alkyl halides is 2. The van der Waals surface area contributed by atoms with E-state index in [0.29, 0.717) is 6.42 Å². The lowest BCUT2D eigenvalue weighted by Crippen LogP contribution is -2.50. The number of aliphatic carboxylic acids is 1. The predicted molar refractivity (Wildman–Crippen MR) is 112 cm³/mol. The van der Waals surface area contributed by atoms with Crippen LogP contribution >= 0.6 is 0 Å². The monoisotopic (exact) mass is 446 g/mol. The first kappa shape index (κ1) is 23.2. The Morgan fingerprint density at radius 3 is 2.16 bits per heavy atom. The maximum absolute atomic E-state index is 13.2. The molecule has 1 aliphatic carbocycles. The minimum atomic E-state index is -4.10. The van der Waals surface area contributed by atoms with E-state index in [1.165, 1.54) is 0 Å². The van der Waals surface area contributed by atoms with Gasteiger partial charge in [0, 0.05) is 5.92 Å². The Balaban J connectivity index is 1.61. The zero-order valence-corrected chi connectivity index (χ0v) is 17.4. The lowest BCUT2D eigenvalue weighted by molar-refractivity contribution is -0.164. The number of nitrogens with one attached hydrogen (secondary N) is 2. The first-order valence-corrected chi connectivity index (χ1v) is 10.2. The molecule has 2 amide bonds. The third kappa shape index (κ3) is 5.04. The molecular formula is C23H24F2N2O5. The van der Waals surface area contributed by atoms with Crippen LogP contribution in [0.1, 0.15) is 36.8 Å². The molecular weight excluding hydrogens is 422 g/mol. The Morgan fingerprint density at radius 1 is 1.06 bits per heavy atom. The van der Waals surface area contributed by atoms with Crippen LogP contribution in [0.25, 0.3) is 11.1 Å². The van der Waals surface area contributed by atoms with E-state index in [-0.39, 0.29) is 18.9 Å². The van der Waals surface area contributed by atoms with E-state index in [0.717, 1.165) is 22.3 Å². The molecule has 3 rings (SSSR count). The SMILES string of the molecule is CCC[C@@H](NC(=O)OCC1c2ccccc2-c2ccccc21)C(=O)NCC(F)(F)C(=O)O. The summed E-state index contributed by atoms with van der Waals surface area (Å²) in [6.45, 7) is 0.427. The van der Waals surface area contributed by atoms with E-state index in [1.807, 2.05) is 53.8 Å². The van der Waals surface area contributed by atoms with Crippen molar-refractivity contribution in [3.8, 4) is 11.1 Å². The van der Waals surface area contributed by atoms with Crippen LogP contribution in [0.2, 0.25) is 0 Å². The normalized spacial score (nSPS) is 13.6. The van der Waals surface area contributed by atoms with E-state index < -0.39 is 36.5 Å². The molecule has 0 saturated heterocycles. The second-order valence-corrected chi connectivity index (χ2v) is 7.54. The summed E-state index contributed by atoms with van der Waals surface area (Å²) in [6, 6.07) is 14.5. The van der Waals surface area contributed by atoms with Gasteiger partial charge in [-0.2, -0.15) is 8.78 Å². The number of ether oxygens (including phenoxy) is 1. The quantitative estimate of drug-likeness (QED) is 0.547. The van der Waals surface area contributed by atoms with Crippen molar-refractivity contribution in [2.45, 2.75) is 37.6 Å². The van der Waals surface area contributed by atoms with Gasteiger partial charge in [0.25, 0.3) is 0 Å². The number of hydrogen-bond donors (Lipinski definition) is 3. The van der Waals surface area contributed by atoms with Crippen molar-refractivity contribution >= 4 is 18.0 Å². The van der Waals surface area contributed by atoms with Gasteiger partial charge in [0.05, 0.1) is 6.54 Å².